The van der Waals surface area contributed by atoms with Crippen LogP contribution in [-0.2, 0) is 7.05 Å². The second kappa shape index (κ2) is 4.03. The number of aromatic nitrogens is 3. The molecule has 80 valence electrons. The zero-order valence-corrected chi connectivity index (χ0v) is 9.10. The Kier molecular flexibility index (Phi) is 2.56. The van der Waals surface area contributed by atoms with Crippen LogP contribution >= 0.6 is 0 Å². The fourth-order valence-electron chi connectivity index (χ4n) is 1.29. The molecule has 0 aliphatic carbocycles. The second-order valence-electron chi connectivity index (χ2n) is 3.46. The van der Waals surface area contributed by atoms with E-state index in [0.717, 1.165) is 11.5 Å². The van der Waals surface area contributed by atoms with Gasteiger partial charge < -0.3 is 5.32 Å². The predicted octanol–water partition coefficient (Wildman–Crippen LogP) is 1.74. The van der Waals surface area contributed by atoms with Crippen molar-refractivity contribution in [3.8, 4) is 6.07 Å². The van der Waals surface area contributed by atoms with Gasteiger partial charge in [0.15, 0.2) is 5.82 Å². The minimum Gasteiger partial charge on any atom is -0.323 e. The number of nitrogens with one attached hydrogen (secondary N) is 1. The highest BCUT2D eigenvalue weighted by molar-refractivity contribution is 5.52. The summed E-state index contributed by atoms with van der Waals surface area (Å²) < 4.78 is 1.78. The molecule has 0 amide bonds. The Bertz CT molecular complexity index is 513. The summed E-state index contributed by atoms with van der Waals surface area (Å²) in [5, 5.41) is 15.9. The molecule has 5 nitrogen and oxygen atoms in total. The van der Waals surface area contributed by atoms with Crippen LogP contribution in [0.25, 0.3) is 0 Å². The fraction of sp³-hybridized carbons (Fsp3) is 0.182. The van der Waals surface area contributed by atoms with Gasteiger partial charge in [0.05, 0.1) is 5.56 Å². The van der Waals surface area contributed by atoms with Crippen molar-refractivity contribution < 1.29 is 0 Å². The van der Waals surface area contributed by atoms with Crippen LogP contribution < -0.4 is 5.32 Å². The third kappa shape index (κ3) is 2.01. The van der Waals surface area contributed by atoms with Gasteiger partial charge in [0.1, 0.15) is 11.9 Å². The lowest BCUT2D eigenvalue weighted by Gasteiger charge is -2.00. The van der Waals surface area contributed by atoms with E-state index in [-0.39, 0.29) is 0 Å². The van der Waals surface area contributed by atoms with Crippen molar-refractivity contribution in [1.82, 2.24) is 14.8 Å². The van der Waals surface area contributed by atoms with E-state index in [0.29, 0.717) is 11.4 Å². The average molecular weight is 213 g/mol. The monoisotopic (exact) mass is 213 g/mol. The third-order valence-corrected chi connectivity index (χ3v) is 2.26. The zero-order chi connectivity index (χ0) is 11.5. The molecule has 2 rings (SSSR count). The first-order valence-electron chi connectivity index (χ1n) is 4.83. The van der Waals surface area contributed by atoms with Crippen LogP contribution in [0, 0.1) is 18.3 Å². The molecule has 0 unspecified atom stereocenters. The Hall–Kier alpha value is -2.35. The first-order valence-corrected chi connectivity index (χ1v) is 4.83. The van der Waals surface area contributed by atoms with Crippen molar-refractivity contribution in [2.75, 3.05) is 5.32 Å². The maximum absolute atomic E-state index is 8.63. The average Bonchev–Trinajstić information content (AvgIpc) is 2.59. The lowest BCUT2D eigenvalue weighted by molar-refractivity contribution is 0.743. The summed E-state index contributed by atoms with van der Waals surface area (Å²) in [5.41, 5.74) is 1.61. The Morgan fingerprint density at radius 1 is 1.38 bits per heavy atom. The first-order chi connectivity index (χ1) is 7.69. The summed E-state index contributed by atoms with van der Waals surface area (Å²) in [6, 6.07) is 7.42. The van der Waals surface area contributed by atoms with Crippen LogP contribution in [0.4, 0.5) is 11.6 Å². The molecule has 0 aromatic carbocycles. The summed E-state index contributed by atoms with van der Waals surface area (Å²) in [5.74, 6) is 1.43. The molecule has 0 saturated carbocycles. The van der Waals surface area contributed by atoms with E-state index in [1.54, 1.807) is 16.8 Å². The van der Waals surface area contributed by atoms with Crippen molar-refractivity contribution in [3.05, 3.63) is 35.7 Å². The van der Waals surface area contributed by atoms with Crippen LogP contribution in [0.2, 0.25) is 0 Å². The van der Waals surface area contributed by atoms with Gasteiger partial charge in [0.25, 0.3) is 0 Å². The van der Waals surface area contributed by atoms with E-state index in [9.17, 15) is 0 Å². The van der Waals surface area contributed by atoms with Crippen LogP contribution in [0.1, 0.15) is 11.3 Å². The molecule has 2 heterocycles. The van der Waals surface area contributed by atoms with Crippen molar-refractivity contribution >= 4 is 11.6 Å². The van der Waals surface area contributed by atoms with Gasteiger partial charge in [0, 0.05) is 25.0 Å². The summed E-state index contributed by atoms with van der Waals surface area (Å²) in [7, 11) is 1.88. The lowest BCUT2D eigenvalue weighted by atomic mass is 10.3. The molecule has 0 spiro atoms. The number of nitrogens with zero attached hydrogens (tertiary/aromatic N) is 4. The lowest BCUT2D eigenvalue weighted by Crippen LogP contribution is -1.96. The molecule has 5 heteroatoms. The van der Waals surface area contributed by atoms with E-state index >= 15 is 0 Å². The van der Waals surface area contributed by atoms with Crippen molar-refractivity contribution in [1.29, 1.82) is 5.26 Å². The van der Waals surface area contributed by atoms with E-state index in [1.807, 2.05) is 26.1 Å². The number of hydrogen-bond donors (Lipinski definition) is 1. The molecule has 0 bridgehead atoms. The fourth-order valence-corrected chi connectivity index (χ4v) is 1.29. The molecule has 16 heavy (non-hydrogen) atoms. The number of aryl methyl sites for hydroxylation is 2. The maximum Gasteiger partial charge on any atom is 0.153 e. The molecule has 0 aliphatic heterocycles. The maximum atomic E-state index is 8.63. The number of anilines is 2. The van der Waals surface area contributed by atoms with E-state index < -0.39 is 0 Å². The third-order valence-electron chi connectivity index (χ3n) is 2.26. The van der Waals surface area contributed by atoms with Crippen molar-refractivity contribution in [2.45, 2.75) is 6.92 Å². The molecular formula is C11H11N5. The largest absolute Gasteiger partial charge is 0.323 e. The Morgan fingerprint density at radius 3 is 2.69 bits per heavy atom. The quantitative estimate of drug-likeness (QED) is 0.825. The van der Waals surface area contributed by atoms with Gasteiger partial charge in [-0.15, -0.1) is 0 Å². The zero-order valence-electron chi connectivity index (χ0n) is 9.10. The van der Waals surface area contributed by atoms with Crippen LogP contribution in [-0.4, -0.2) is 14.8 Å². The molecule has 0 atom stereocenters. The highest BCUT2D eigenvalue weighted by Crippen LogP contribution is 2.13. The molecule has 2 aromatic heterocycles. The normalized spacial score (nSPS) is 9.81. The smallest absolute Gasteiger partial charge is 0.153 e. The van der Waals surface area contributed by atoms with Gasteiger partial charge in [-0.1, -0.05) is 0 Å². The van der Waals surface area contributed by atoms with Crippen LogP contribution in [0.15, 0.2) is 24.4 Å². The van der Waals surface area contributed by atoms with Gasteiger partial charge in [-0.2, -0.15) is 10.4 Å². The minimum absolute atomic E-state index is 0.544. The standard InChI is InChI=1S/C11H11N5/c1-8-5-11(15-16(8)2)14-10-4-3-9(6-12)7-13-10/h3-5,7H,1-2H3,(H,13,14,15). The second-order valence-corrected chi connectivity index (χ2v) is 3.46. The van der Waals surface area contributed by atoms with Crippen LogP contribution in [0.3, 0.4) is 0 Å². The molecule has 2 aromatic rings. The molecule has 0 saturated heterocycles. The van der Waals surface area contributed by atoms with E-state index in [2.05, 4.69) is 15.4 Å². The van der Waals surface area contributed by atoms with E-state index in [1.165, 1.54) is 6.20 Å². The van der Waals surface area contributed by atoms with Gasteiger partial charge in [-0.25, -0.2) is 4.98 Å². The molecule has 0 fully saturated rings. The summed E-state index contributed by atoms with van der Waals surface area (Å²) in [4.78, 5) is 4.10. The number of nitriles is 1. The molecule has 0 aliphatic rings. The van der Waals surface area contributed by atoms with Crippen LogP contribution in [0.5, 0.6) is 0 Å². The molecule has 0 radical (unpaired) electrons. The van der Waals surface area contributed by atoms with Gasteiger partial charge in [-0.05, 0) is 19.1 Å². The van der Waals surface area contributed by atoms with Gasteiger partial charge in [0.2, 0.25) is 0 Å². The SMILES string of the molecule is Cc1cc(Nc2ccc(C#N)cn2)nn1C. The van der Waals surface area contributed by atoms with Gasteiger partial charge in [-0.3, -0.25) is 4.68 Å². The predicted molar refractivity (Wildman–Crippen MR) is 60.2 cm³/mol. The number of pyridine rings is 1. The highest BCUT2D eigenvalue weighted by atomic mass is 15.3. The molecular weight excluding hydrogens is 202 g/mol. The number of hydrogen-bond acceptors (Lipinski definition) is 4. The number of rotatable bonds is 2. The summed E-state index contributed by atoms with van der Waals surface area (Å²) in [6.07, 6.45) is 1.53. The molecule has 1 N–H and O–H groups in total. The van der Waals surface area contributed by atoms with Crippen molar-refractivity contribution in [2.24, 2.45) is 7.05 Å². The summed E-state index contributed by atoms with van der Waals surface area (Å²) in [6.45, 7) is 1.98. The van der Waals surface area contributed by atoms with Crippen molar-refractivity contribution in [3.63, 3.8) is 0 Å². The Morgan fingerprint density at radius 2 is 2.19 bits per heavy atom. The highest BCUT2D eigenvalue weighted by Gasteiger charge is 2.01. The topological polar surface area (TPSA) is 66.5 Å². The van der Waals surface area contributed by atoms with Gasteiger partial charge >= 0.3 is 0 Å². The Labute approximate surface area is 93.4 Å². The Balaban J connectivity index is 2.18. The van der Waals surface area contributed by atoms with E-state index in [4.69, 9.17) is 5.26 Å². The summed E-state index contributed by atoms with van der Waals surface area (Å²) >= 11 is 0. The first kappa shape index (κ1) is 10.2. The minimum atomic E-state index is 0.544.